The largest absolute Gasteiger partial charge is 0.408 e. The summed E-state index contributed by atoms with van der Waals surface area (Å²) < 4.78 is 39.1. The van der Waals surface area contributed by atoms with Crippen LogP contribution in [0.25, 0.3) is 0 Å². The van der Waals surface area contributed by atoms with E-state index in [-0.39, 0.29) is 24.9 Å². The number of urea groups is 1. The van der Waals surface area contributed by atoms with Gasteiger partial charge in [-0.3, -0.25) is 0 Å². The van der Waals surface area contributed by atoms with Gasteiger partial charge in [-0.1, -0.05) is 13.8 Å². The topological polar surface area (TPSA) is 58.4 Å². The predicted octanol–water partition coefficient (Wildman–Crippen LogP) is 2.10. The number of hydrogen-bond donors (Lipinski definition) is 2. The average molecular weight is 281 g/mol. The highest BCUT2D eigenvalue weighted by atomic mass is 19.4. The van der Waals surface area contributed by atoms with Crippen molar-refractivity contribution in [1.82, 2.24) is 10.2 Å². The summed E-state index contributed by atoms with van der Waals surface area (Å²) >= 11 is 0. The zero-order chi connectivity index (χ0) is 14.6. The number of alkyl halides is 3. The minimum atomic E-state index is -4.43. The van der Waals surface area contributed by atoms with Gasteiger partial charge in [0.1, 0.15) is 6.04 Å². The molecular weight excluding hydrogens is 259 g/mol. The van der Waals surface area contributed by atoms with Gasteiger partial charge in [0.2, 0.25) is 0 Å². The fourth-order valence-electron chi connectivity index (χ4n) is 1.92. The maximum absolute atomic E-state index is 13.0. The van der Waals surface area contributed by atoms with E-state index in [4.69, 9.17) is 5.73 Å². The molecule has 2 amide bonds. The Morgan fingerprint density at radius 1 is 1.42 bits per heavy atom. The lowest BCUT2D eigenvalue weighted by Crippen LogP contribution is -2.54. The Morgan fingerprint density at radius 3 is 2.37 bits per heavy atom. The van der Waals surface area contributed by atoms with Crippen molar-refractivity contribution in [2.45, 2.75) is 51.4 Å². The van der Waals surface area contributed by atoms with Crippen LogP contribution in [0.5, 0.6) is 0 Å². The van der Waals surface area contributed by atoms with Gasteiger partial charge in [-0.25, -0.2) is 4.79 Å². The van der Waals surface area contributed by atoms with Crippen molar-refractivity contribution in [2.75, 3.05) is 13.1 Å². The SMILES string of the molecule is CC(C)CNC(=O)N(C1CC1)C(CCN)C(F)(F)F. The van der Waals surface area contributed by atoms with Crippen molar-refractivity contribution in [1.29, 1.82) is 0 Å². The quantitative estimate of drug-likeness (QED) is 0.783. The number of amides is 2. The summed E-state index contributed by atoms with van der Waals surface area (Å²) in [5, 5.41) is 2.56. The molecule has 0 aromatic heterocycles. The van der Waals surface area contributed by atoms with Gasteiger partial charge in [-0.2, -0.15) is 13.2 Å². The Labute approximate surface area is 111 Å². The van der Waals surface area contributed by atoms with E-state index in [0.717, 1.165) is 4.90 Å². The number of nitrogens with zero attached hydrogens (tertiary/aromatic N) is 1. The Hall–Kier alpha value is -0.980. The molecule has 4 nitrogen and oxygen atoms in total. The monoisotopic (exact) mass is 281 g/mol. The van der Waals surface area contributed by atoms with E-state index >= 15 is 0 Å². The first-order valence-electron chi connectivity index (χ1n) is 6.60. The third-order valence-corrected chi connectivity index (χ3v) is 2.99. The van der Waals surface area contributed by atoms with E-state index in [1.807, 2.05) is 13.8 Å². The second kappa shape index (κ2) is 6.45. The number of carbonyl (C=O) groups is 1. The fraction of sp³-hybridized carbons (Fsp3) is 0.917. The molecule has 112 valence electrons. The van der Waals surface area contributed by atoms with Gasteiger partial charge in [0, 0.05) is 12.6 Å². The van der Waals surface area contributed by atoms with E-state index in [1.54, 1.807) is 0 Å². The maximum atomic E-state index is 13.0. The Kier molecular flexibility index (Phi) is 5.46. The molecule has 0 aromatic rings. The third-order valence-electron chi connectivity index (χ3n) is 2.99. The lowest BCUT2D eigenvalue weighted by molar-refractivity contribution is -0.178. The molecular formula is C12H22F3N3O. The van der Waals surface area contributed by atoms with Crippen molar-refractivity contribution in [3.05, 3.63) is 0 Å². The number of rotatable bonds is 6. The number of nitrogens with two attached hydrogens (primary N) is 1. The van der Waals surface area contributed by atoms with Crippen LogP contribution >= 0.6 is 0 Å². The summed E-state index contributed by atoms with van der Waals surface area (Å²) in [6.07, 6.45) is -3.43. The molecule has 7 heteroatoms. The van der Waals surface area contributed by atoms with Crippen LogP contribution in [0.4, 0.5) is 18.0 Å². The van der Waals surface area contributed by atoms with Crippen LogP contribution in [-0.2, 0) is 0 Å². The Balaban J connectivity index is 2.76. The summed E-state index contributed by atoms with van der Waals surface area (Å²) in [7, 11) is 0. The minimum absolute atomic E-state index is 0.0924. The van der Waals surface area contributed by atoms with Gasteiger partial charge in [0.25, 0.3) is 0 Å². The van der Waals surface area contributed by atoms with E-state index in [1.165, 1.54) is 0 Å². The minimum Gasteiger partial charge on any atom is -0.338 e. The zero-order valence-corrected chi connectivity index (χ0v) is 11.3. The zero-order valence-electron chi connectivity index (χ0n) is 11.3. The summed E-state index contributed by atoms with van der Waals surface area (Å²) in [6, 6.07) is -2.71. The number of nitrogens with one attached hydrogen (secondary N) is 1. The second-order valence-corrected chi connectivity index (χ2v) is 5.35. The van der Waals surface area contributed by atoms with Crippen LogP contribution < -0.4 is 11.1 Å². The lowest BCUT2D eigenvalue weighted by Gasteiger charge is -2.33. The standard InChI is InChI=1S/C12H22F3N3O/c1-8(2)7-17-11(19)18(9-3-4-9)10(5-6-16)12(13,14)15/h8-10H,3-7,16H2,1-2H3,(H,17,19). The molecule has 3 N–H and O–H groups in total. The number of hydrogen-bond acceptors (Lipinski definition) is 2. The molecule has 0 aliphatic heterocycles. The average Bonchev–Trinajstić information content (AvgIpc) is 3.08. The number of carbonyl (C=O) groups excluding carboxylic acids is 1. The van der Waals surface area contributed by atoms with E-state index in [0.29, 0.717) is 19.4 Å². The van der Waals surface area contributed by atoms with Gasteiger partial charge >= 0.3 is 12.2 Å². The van der Waals surface area contributed by atoms with Gasteiger partial charge in [0.05, 0.1) is 0 Å². The number of halogens is 3. The molecule has 0 bridgehead atoms. The molecule has 1 atom stereocenters. The van der Waals surface area contributed by atoms with Crippen LogP contribution in [0.2, 0.25) is 0 Å². The van der Waals surface area contributed by atoms with Gasteiger partial charge < -0.3 is 16.0 Å². The molecule has 1 aliphatic rings. The van der Waals surface area contributed by atoms with Gasteiger partial charge in [-0.05, 0) is 31.7 Å². The van der Waals surface area contributed by atoms with Crippen molar-refractivity contribution in [2.24, 2.45) is 11.7 Å². The van der Waals surface area contributed by atoms with Crippen LogP contribution in [-0.4, -0.2) is 42.3 Å². The van der Waals surface area contributed by atoms with E-state index < -0.39 is 18.2 Å². The molecule has 0 radical (unpaired) electrons. The first-order chi connectivity index (χ1) is 8.77. The van der Waals surface area contributed by atoms with E-state index in [9.17, 15) is 18.0 Å². The first kappa shape index (κ1) is 16.1. The molecule has 1 fully saturated rings. The van der Waals surface area contributed by atoms with Crippen LogP contribution in [0.15, 0.2) is 0 Å². The van der Waals surface area contributed by atoms with Crippen molar-refractivity contribution < 1.29 is 18.0 Å². The summed E-state index contributed by atoms with van der Waals surface area (Å²) in [5.74, 6) is 0.198. The third kappa shape index (κ3) is 4.89. The molecule has 0 saturated heterocycles. The van der Waals surface area contributed by atoms with Crippen molar-refractivity contribution in [3.8, 4) is 0 Å². The lowest BCUT2D eigenvalue weighted by atomic mass is 10.1. The highest BCUT2D eigenvalue weighted by molar-refractivity contribution is 5.75. The summed E-state index contributed by atoms with van der Waals surface area (Å²) in [4.78, 5) is 12.9. The van der Waals surface area contributed by atoms with Crippen LogP contribution in [0.3, 0.4) is 0 Å². The first-order valence-corrected chi connectivity index (χ1v) is 6.60. The molecule has 1 rings (SSSR count). The summed E-state index contributed by atoms with van der Waals surface area (Å²) in [6.45, 7) is 4.06. The van der Waals surface area contributed by atoms with Crippen molar-refractivity contribution in [3.63, 3.8) is 0 Å². The normalized spacial score (nSPS) is 17.4. The van der Waals surface area contributed by atoms with E-state index in [2.05, 4.69) is 5.32 Å². The molecule has 0 spiro atoms. The molecule has 1 saturated carbocycles. The maximum Gasteiger partial charge on any atom is 0.408 e. The second-order valence-electron chi connectivity index (χ2n) is 5.35. The highest BCUT2D eigenvalue weighted by Gasteiger charge is 2.49. The van der Waals surface area contributed by atoms with Gasteiger partial charge in [0.15, 0.2) is 0 Å². The molecule has 19 heavy (non-hydrogen) atoms. The molecule has 1 unspecified atom stereocenters. The molecule has 1 aliphatic carbocycles. The molecule has 0 heterocycles. The smallest absolute Gasteiger partial charge is 0.338 e. The molecule has 0 aromatic carbocycles. The van der Waals surface area contributed by atoms with Crippen molar-refractivity contribution >= 4 is 6.03 Å². The highest BCUT2D eigenvalue weighted by Crippen LogP contribution is 2.35. The Bertz CT molecular complexity index is 303. The van der Waals surface area contributed by atoms with Crippen LogP contribution in [0, 0.1) is 5.92 Å². The van der Waals surface area contributed by atoms with Gasteiger partial charge in [-0.15, -0.1) is 0 Å². The Morgan fingerprint density at radius 2 is 2.00 bits per heavy atom. The fourth-order valence-corrected chi connectivity index (χ4v) is 1.92. The summed E-state index contributed by atoms with van der Waals surface area (Å²) in [5.41, 5.74) is 5.25. The predicted molar refractivity (Wildman–Crippen MR) is 66.6 cm³/mol. The van der Waals surface area contributed by atoms with Crippen LogP contribution in [0.1, 0.15) is 33.1 Å².